The Labute approximate surface area is 149 Å². The molecule has 0 bridgehead atoms. The van der Waals surface area contributed by atoms with Crippen molar-refractivity contribution in [3.05, 3.63) is 46.6 Å². The smallest absolute Gasteiger partial charge is 1.00 e. The quantitative estimate of drug-likeness (QED) is 0.387. The average Bonchev–Trinajstić information content (AvgIpc) is 2.79. The molecule has 0 amide bonds. The zero-order valence-corrected chi connectivity index (χ0v) is 16.4. The van der Waals surface area contributed by atoms with E-state index in [-0.39, 0.29) is 24.8 Å². The van der Waals surface area contributed by atoms with Gasteiger partial charge in [0, 0.05) is 0 Å². The number of hydrogen-bond acceptors (Lipinski definition) is 0. The molecule has 112 valence electrons. The average molecular weight is 347 g/mol. The Bertz CT molecular complexity index is 375. The fourth-order valence-corrected chi connectivity index (χ4v) is 1.24. The second-order valence-corrected chi connectivity index (χ2v) is 6.54. The fraction of sp³-hybridized carbons (Fsp3) is 0.471. The van der Waals surface area contributed by atoms with Gasteiger partial charge in [-0.15, -0.1) is 26.7 Å². The maximum atomic E-state index is 3.12. The Morgan fingerprint density at radius 1 is 0.850 bits per heavy atom. The summed E-state index contributed by atoms with van der Waals surface area (Å²) in [7, 11) is 0. The van der Waals surface area contributed by atoms with E-state index in [1.54, 1.807) is 0 Å². The summed E-state index contributed by atoms with van der Waals surface area (Å²) in [5.41, 5.74) is 5.69. The van der Waals surface area contributed by atoms with E-state index in [9.17, 15) is 0 Å². The Morgan fingerprint density at radius 2 is 1.10 bits per heavy atom. The molecule has 2 rings (SSSR count). The zero-order valence-electron chi connectivity index (χ0n) is 13.3. The van der Waals surface area contributed by atoms with Crippen LogP contribution in [0.3, 0.4) is 0 Å². The summed E-state index contributed by atoms with van der Waals surface area (Å²) in [6.07, 6.45) is 12.4. The summed E-state index contributed by atoms with van der Waals surface area (Å²) in [6.45, 7) is 12.7. The Balaban J connectivity index is -0.000000215. The zero-order chi connectivity index (χ0) is 14.1. The van der Waals surface area contributed by atoms with Crippen molar-refractivity contribution in [1.29, 1.82) is 0 Å². The van der Waals surface area contributed by atoms with E-state index in [0.717, 1.165) is 12.8 Å². The van der Waals surface area contributed by atoms with E-state index in [2.05, 4.69) is 85.8 Å². The van der Waals surface area contributed by atoms with Crippen LogP contribution in [0.4, 0.5) is 0 Å². The van der Waals surface area contributed by atoms with Gasteiger partial charge in [-0.25, -0.2) is 23.3 Å². The second-order valence-electron chi connectivity index (χ2n) is 4.98. The molecule has 0 atom stereocenters. The number of rotatable bonds is 0. The summed E-state index contributed by atoms with van der Waals surface area (Å²) >= 11 is 2.08. The van der Waals surface area contributed by atoms with Gasteiger partial charge in [0.1, 0.15) is 0 Å². The molecule has 3 heteroatoms. The molecule has 0 fully saturated rings. The van der Waals surface area contributed by atoms with E-state index < -0.39 is 0 Å². The van der Waals surface area contributed by atoms with Crippen molar-refractivity contribution in [2.75, 3.05) is 0 Å². The van der Waals surface area contributed by atoms with Crippen LogP contribution in [0.1, 0.15) is 54.4 Å². The first-order valence-corrected chi connectivity index (χ1v) is 7.10. The molecule has 0 saturated carbocycles. The van der Waals surface area contributed by atoms with Gasteiger partial charge in [-0.3, -0.25) is 12.2 Å². The van der Waals surface area contributed by atoms with Crippen molar-refractivity contribution in [3.63, 3.8) is 0 Å². The molecular weight excluding hydrogens is 323 g/mol. The Kier molecular flexibility index (Phi) is 17.7. The molecule has 0 nitrogen and oxygen atoms in total. The first kappa shape index (κ1) is 25.1. The second kappa shape index (κ2) is 14.1. The molecule has 0 saturated heterocycles. The molecule has 2 aliphatic carbocycles. The van der Waals surface area contributed by atoms with Gasteiger partial charge in [-0.1, -0.05) is 13.8 Å². The van der Waals surface area contributed by atoms with Crippen molar-refractivity contribution in [2.45, 2.75) is 54.4 Å². The van der Waals surface area contributed by atoms with Crippen LogP contribution in [-0.4, -0.2) is 3.81 Å². The van der Waals surface area contributed by atoms with Gasteiger partial charge in [0.15, 0.2) is 0 Å². The molecule has 0 heterocycles. The van der Waals surface area contributed by atoms with Crippen LogP contribution in [0, 0.1) is 12.2 Å². The van der Waals surface area contributed by atoms with Crippen LogP contribution in [0.15, 0.2) is 34.4 Å². The van der Waals surface area contributed by atoms with Crippen molar-refractivity contribution >= 4 is 3.81 Å². The van der Waals surface area contributed by atoms with Gasteiger partial charge in [0.25, 0.3) is 0 Å². The van der Waals surface area contributed by atoms with Gasteiger partial charge >= 0.3 is 37.6 Å². The van der Waals surface area contributed by atoms with Crippen LogP contribution in [-0.2, 0) is 20.0 Å². The summed E-state index contributed by atoms with van der Waals surface area (Å²) in [5.74, 6) is 0. The normalized spacial score (nSPS) is 14.8. The van der Waals surface area contributed by atoms with Gasteiger partial charge in [0.05, 0.1) is 0 Å². The summed E-state index contributed by atoms with van der Waals surface area (Å²) < 4.78 is 1.42. The number of halogens is 2. The van der Waals surface area contributed by atoms with Crippen LogP contribution in [0.5, 0.6) is 0 Å². The van der Waals surface area contributed by atoms with Gasteiger partial charge in [0.2, 0.25) is 0 Å². The van der Waals surface area contributed by atoms with E-state index in [1.807, 2.05) is 0 Å². The topological polar surface area (TPSA) is 0 Å². The van der Waals surface area contributed by atoms with E-state index in [0.29, 0.717) is 0 Å². The van der Waals surface area contributed by atoms with Crippen molar-refractivity contribution in [1.82, 2.24) is 0 Å². The molecule has 0 aliphatic heterocycles. The minimum Gasteiger partial charge on any atom is -1.00 e. The Morgan fingerprint density at radius 3 is 1.15 bits per heavy atom. The van der Waals surface area contributed by atoms with E-state index >= 15 is 0 Å². The molecule has 0 unspecified atom stereocenters. The monoisotopic (exact) mass is 346 g/mol. The predicted octanol–water partition coefficient (Wildman–Crippen LogP) is -1.07. The summed E-state index contributed by atoms with van der Waals surface area (Å²) in [6, 6.07) is 0. The third-order valence-electron chi connectivity index (χ3n) is 2.72. The molecule has 0 N–H and O–H groups in total. The summed E-state index contributed by atoms with van der Waals surface area (Å²) in [4.78, 5) is 0. The maximum absolute atomic E-state index is 3.12. The fourth-order valence-electron chi connectivity index (χ4n) is 1.24. The first-order chi connectivity index (χ1) is 8.34. The molecule has 2 aliphatic rings. The molecule has 0 spiro atoms. The molecule has 0 radical (unpaired) electrons. The first-order valence-electron chi connectivity index (χ1n) is 6.32. The third-order valence-corrected chi connectivity index (χ3v) is 2.72. The molecule has 0 aromatic carbocycles. The van der Waals surface area contributed by atoms with Gasteiger partial charge < -0.3 is 24.8 Å². The number of allylic oxidation sites excluding steroid dienone is 8. The largest absolute Gasteiger partial charge is 1.00 e. The van der Waals surface area contributed by atoms with Crippen LogP contribution < -0.4 is 24.8 Å². The summed E-state index contributed by atoms with van der Waals surface area (Å²) in [5, 5.41) is 0. The molecule has 20 heavy (non-hydrogen) atoms. The Hall–Kier alpha value is 0.124. The standard InChI is InChI=1S/2C7H9.C3H6.2ClH.Ti/c2*1-6-4-3-5-7(6)2;1-3-2;;;/h2*4H,5H2,1-2H3;1-2H3;2*1H;/q2*-1;;;;+2/p-2. The number of hydrogen-bond donors (Lipinski definition) is 0. The minimum atomic E-state index is 0. The molecule has 0 aromatic heterocycles. The van der Waals surface area contributed by atoms with Gasteiger partial charge in [-0.05, 0) is 0 Å². The SMILES string of the molecule is CC1=C(C)C[C-]=C1.CC1=C(C)C[C-]=C1.C[C](C)=[Ti+2].[Cl-].[Cl-]. The maximum Gasteiger partial charge on any atom is -1.00 e. The van der Waals surface area contributed by atoms with Crippen LogP contribution in [0.2, 0.25) is 0 Å². The molecular formula is C17H24Cl2Ti-2. The predicted molar refractivity (Wildman–Crippen MR) is 78.0 cm³/mol. The minimum absolute atomic E-state index is 0. The third kappa shape index (κ3) is 13.1. The van der Waals surface area contributed by atoms with Crippen LogP contribution in [0.25, 0.3) is 0 Å². The van der Waals surface area contributed by atoms with Gasteiger partial charge in [-0.2, -0.15) is 11.1 Å². The van der Waals surface area contributed by atoms with Crippen molar-refractivity contribution in [3.8, 4) is 0 Å². The van der Waals surface area contributed by atoms with E-state index in [1.165, 1.54) is 26.1 Å². The van der Waals surface area contributed by atoms with Crippen molar-refractivity contribution in [2.24, 2.45) is 0 Å². The van der Waals surface area contributed by atoms with E-state index in [4.69, 9.17) is 0 Å². The van der Waals surface area contributed by atoms with Crippen molar-refractivity contribution < 1.29 is 44.8 Å². The van der Waals surface area contributed by atoms with Crippen LogP contribution >= 0.6 is 0 Å². The molecule has 0 aromatic rings.